The molecule has 0 aromatic heterocycles. The van der Waals surface area contributed by atoms with Crippen LogP contribution in [0.3, 0.4) is 0 Å². The Morgan fingerprint density at radius 3 is 1.51 bits per heavy atom. The maximum absolute atomic E-state index is 9.76. The molecule has 0 aliphatic heterocycles. The molecule has 0 unspecified atom stereocenters. The Kier molecular flexibility index (Phi) is 14.4. The molecule has 258 valence electrons. The lowest BCUT2D eigenvalue weighted by Gasteiger charge is -2.40. The first-order valence-electron chi connectivity index (χ1n) is 16.7. The van der Waals surface area contributed by atoms with E-state index in [0.29, 0.717) is 13.2 Å². The fourth-order valence-corrected chi connectivity index (χ4v) is 8.02. The molecule has 0 aliphatic carbocycles. The van der Waals surface area contributed by atoms with Crippen molar-refractivity contribution < 1.29 is 23.4 Å². The fraction of sp³-hybridized carbons (Fsp3) is 0.487. The van der Waals surface area contributed by atoms with E-state index in [9.17, 15) is 5.11 Å². The number of allylic oxidation sites excluding steroid dienone is 1. The molecular weight excluding hydrogens is 732 g/mol. The van der Waals surface area contributed by atoms with Crippen LogP contribution in [0, 0.1) is 11.8 Å². The highest BCUT2D eigenvalue weighted by Crippen LogP contribution is 2.42. The first kappa shape index (κ1) is 39.5. The van der Waals surface area contributed by atoms with E-state index in [4.69, 9.17) is 18.3 Å². The van der Waals surface area contributed by atoms with Crippen LogP contribution in [-0.4, -0.2) is 28.3 Å². The summed E-state index contributed by atoms with van der Waals surface area (Å²) in [6.45, 7) is 25.5. The first-order chi connectivity index (χ1) is 21.9. The quantitative estimate of drug-likeness (QED) is 0.116. The number of rotatable bonds is 16. The summed E-state index contributed by atoms with van der Waals surface area (Å²) in [5.74, 6) is 1.93. The summed E-state index contributed by atoms with van der Waals surface area (Å²) >= 11 is 2.38. The van der Waals surface area contributed by atoms with Crippen molar-refractivity contribution in [3.63, 3.8) is 0 Å². The highest BCUT2D eigenvalue weighted by Gasteiger charge is 2.40. The number of aliphatic hydroxyl groups excluding tert-OH is 1. The van der Waals surface area contributed by atoms with Gasteiger partial charge < -0.3 is 23.4 Å². The molecule has 0 saturated carbocycles. The van der Waals surface area contributed by atoms with Gasteiger partial charge in [0.05, 0.1) is 12.2 Å². The van der Waals surface area contributed by atoms with Crippen molar-refractivity contribution in [1.82, 2.24) is 0 Å². The summed E-state index contributed by atoms with van der Waals surface area (Å²) < 4.78 is 26.8. The van der Waals surface area contributed by atoms with Crippen LogP contribution in [0.25, 0.3) is 0 Å². The van der Waals surface area contributed by atoms with E-state index in [-0.39, 0.29) is 35.7 Å². The molecule has 0 spiro atoms. The van der Waals surface area contributed by atoms with Crippen molar-refractivity contribution in [1.29, 1.82) is 0 Å². The second kappa shape index (κ2) is 17.1. The van der Waals surface area contributed by atoms with Gasteiger partial charge in [-0.15, -0.1) is 0 Å². The second-order valence-corrected chi connectivity index (χ2v) is 26.2. The highest BCUT2D eigenvalue weighted by atomic mass is 127. The van der Waals surface area contributed by atoms with E-state index < -0.39 is 16.6 Å². The van der Waals surface area contributed by atoms with E-state index >= 15 is 0 Å². The van der Waals surface area contributed by atoms with Crippen LogP contribution in [0.4, 0.5) is 0 Å². The molecule has 0 radical (unpaired) electrons. The molecule has 4 atom stereocenters. The van der Waals surface area contributed by atoms with Crippen molar-refractivity contribution in [2.75, 3.05) is 6.61 Å². The lowest BCUT2D eigenvalue weighted by Crippen LogP contribution is -2.42. The second-order valence-electron chi connectivity index (χ2n) is 15.3. The van der Waals surface area contributed by atoms with Crippen LogP contribution < -0.4 is 9.47 Å². The minimum Gasteiger partial charge on any atom is -0.489 e. The molecule has 3 aromatic carbocycles. The Morgan fingerprint density at radius 2 is 1.15 bits per heavy atom. The van der Waals surface area contributed by atoms with Gasteiger partial charge in [-0.1, -0.05) is 89.2 Å². The third kappa shape index (κ3) is 12.5. The van der Waals surface area contributed by atoms with E-state index in [0.717, 1.165) is 28.2 Å². The number of hydrogen-bond donors (Lipinski definition) is 1. The molecule has 8 heteroatoms. The Hall–Kier alpha value is -1.96. The van der Waals surface area contributed by atoms with Gasteiger partial charge >= 0.3 is 0 Å². The van der Waals surface area contributed by atoms with Crippen LogP contribution in [-0.2, 0) is 22.1 Å². The van der Waals surface area contributed by atoms with Crippen molar-refractivity contribution in [3.05, 3.63) is 105 Å². The van der Waals surface area contributed by atoms with Crippen molar-refractivity contribution in [2.45, 2.75) is 105 Å². The van der Waals surface area contributed by atoms with Crippen LogP contribution in [0.1, 0.15) is 76.0 Å². The Bertz CT molecular complexity index is 1400. The minimum atomic E-state index is -1.97. The number of halogens is 1. The number of aliphatic hydroxyl groups is 1. The summed E-state index contributed by atoms with van der Waals surface area (Å²) in [5, 5.41) is 9.89. The van der Waals surface area contributed by atoms with Crippen LogP contribution in [0.15, 0.2) is 82.5 Å². The molecule has 3 aromatic rings. The Labute approximate surface area is 300 Å². The molecule has 0 saturated heterocycles. The van der Waals surface area contributed by atoms with Gasteiger partial charge in [0.2, 0.25) is 0 Å². The maximum atomic E-state index is 9.76. The van der Waals surface area contributed by atoms with Gasteiger partial charge in [0.15, 0.2) is 16.6 Å². The summed E-state index contributed by atoms with van der Waals surface area (Å²) in [5.41, 5.74) is 4.44. The van der Waals surface area contributed by atoms with Gasteiger partial charge in [0.25, 0.3) is 0 Å². The normalized spacial score (nSPS) is 15.6. The topological polar surface area (TPSA) is 57.2 Å². The predicted octanol–water partition coefficient (Wildman–Crippen LogP) is 11.4. The summed E-state index contributed by atoms with van der Waals surface area (Å²) in [7, 11) is -3.74. The predicted molar refractivity (Wildman–Crippen MR) is 209 cm³/mol. The summed E-state index contributed by atoms with van der Waals surface area (Å²) in [4.78, 5) is 0. The molecule has 0 heterocycles. The fourth-order valence-electron chi connectivity index (χ4n) is 4.98. The standard InChI is InChI=1S/C39H57IO5Si2/c1-28(24-30(3)40)37(45-47(10,11)39(4,5)6)33-16-20-35(21-17-33)42-26-31-12-14-32(15-13-31)27-43-36-22-18-34(19-23-36)38(29(2)25-41)44-46(7,8)9/h12-24,28-29,37-38,41H,25-27H2,1-11H3/b30-24+/t28-,29+,37-,38-/m0/s1. The molecule has 0 fully saturated rings. The average molecular weight is 789 g/mol. The Balaban J connectivity index is 1.58. The van der Waals surface area contributed by atoms with Crippen LogP contribution >= 0.6 is 22.6 Å². The average Bonchev–Trinajstić information content (AvgIpc) is 3.00. The Morgan fingerprint density at radius 1 is 0.723 bits per heavy atom. The van der Waals surface area contributed by atoms with Gasteiger partial charge in [0.1, 0.15) is 24.7 Å². The van der Waals surface area contributed by atoms with Gasteiger partial charge in [0, 0.05) is 18.4 Å². The zero-order valence-corrected chi connectivity index (χ0v) is 34.6. The third-order valence-electron chi connectivity index (χ3n) is 8.73. The largest absolute Gasteiger partial charge is 0.489 e. The van der Waals surface area contributed by atoms with E-state index in [2.05, 4.69) is 145 Å². The first-order valence-corrected chi connectivity index (χ1v) is 24.1. The van der Waals surface area contributed by atoms with E-state index in [1.165, 1.54) is 9.14 Å². The molecule has 5 nitrogen and oxygen atoms in total. The molecule has 0 aliphatic rings. The van der Waals surface area contributed by atoms with Gasteiger partial charge in [-0.2, -0.15) is 0 Å². The monoisotopic (exact) mass is 788 g/mol. The van der Waals surface area contributed by atoms with Crippen LogP contribution in [0.2, 0.25) is 37.8 Å². The van der Waals surface area contributed by atoms with Gasteiger partial charge in [-0.3, -0.25) is 0 Å². The van der Waals surface area contributed by atoms with Crippen molar-refractivity contribution >= 4 is 39.2 Å². The lowest BCUT2D eigenvalue weighted by molar-refractivity contribution is 0.0912. The molecule has 1 N–H and O–H groups in total. The minimum absolute atomic E-state index is 0.00165. The van der Waals surface area contributed by atoms with Crippen molar-refractivity contribution in [3.8, 4) is 11.5 Å². The lowest BCUT2D eigenvalue weighted by atomic mass is 9.97. The zero-order valence-electron chi connectivity index (χ0n) is 30.4. The third-order valence-corrected chi connectivity index (χ3v) is 14.5. The number of benzene rings is 3. The summed E-state index contributed by atoms with van der Waals surface area (Å²) in [6.07, 6.45) is 2.18. The SMILES string of the molecule is C/C(I)=C\[C@H](C)[C@H](O[Si](C)(C)C(C)(C)C)c1ccc(OCc2ccc(COc3ccc([C@@H](O[Si](C)(C)C)[C@H](C)CO)cc3)cc2)cc1. The van der Waals surface area contributed by atoms with E-state index in [1.807, 2.05) is 31.2 Å². The molecule has 0 bridgehead atoms. The molecule has 3 rings (SSSR count). The van der Waals surface area contributed by atoms with Gasteiger partial charge in [-0.25, -0.2) is 0 Å². The van der Waals surface area contributed by atoms with Gasteiger partial charge in [-0.05, 0) is 117 Å². The smallest absolute Gasteiger partial charge is 0.192 e. The van der Waals surface area contributed by atoms with Crippen molar-refractivity contribution in [2.24, 2.45) is 11.8 Å². The zero-order chi connectivity index (χ0) is 35.0. The summed E-state index contributed by atoms with van der Waals surface area (Å²) in [6, 6.07) is 24.8. The van der Waals surface area contributed by atoms with Crippen LogP contribution in [0.5, 0.6) is 11.5 Å². The molecular formula is C39H57IO5Si2. The number of ether oxygens (including phenoxy) is 2. The van der Waals surface area contributed by atoms with E-state index in [1.54, 1.807) is 0 Å². The highest BCUT2D eigenvalue weighted by molar-refractivity contribution is 14.1. The maximum Gasteiger partial charge on any atom is 0.192 e. The molecule has 0 amide bonds. The molecule has 47 heavy (non-hydrogen) atoms. The number of hydrogen-bond acceptors (Lipinski definition) is 5.